The van der Waals surface area contributed by atoms with Crippen molar-refractivity contribution < 1.29 is 4.74 Å². The van der Waals surface area contributed by atoms with Gasteiger partial charge in [0.05, 0.1) is 5.60 Å². The minimum atomic E-state index is -0.0728. The number of ether oxygens (including phenoxy) is 1. The molecule has 0 bridgehead atoms. The van der Waals surface area contributed by atoms with Gasteiger partial charge in [0.25, 0.3) is 0 Å². The molecule has 1 atom stereocenters. The summed E-state index contributed by atoms with van der Waals surface area (Å²) >= 11 is 6.06. The second-order valence-corrected chi connectivity index (χ2v) is 5.76. The van der Waals surface area contributed by atoms with Crippen molar-refractivity contribution in [3.8, 4) is 0 Å². The fourth-order valence-corrected chi connectivity index (χ4v) is 2.07. The first-order valence-electron chi connectivity index (χ1n) is 6.38. The Kier molecular flexibility index (Phi) is 5.64. The topological polar surface area (TPSA) is 21.3 Å². The molecule has 0 saturated heterocycles. The number of hydrogen-bond donors (Lipinski definition) is 1. The zero-order chi connectivity index (χ0) is 13.8. The number of benzene rings is 1. The SMILES string of the molecule is CNC(CCC(C)(C)OC)c1ccc(Cl)c(C)c1. The molecular weight excluding hydrogens is 246 g/mol. The van der Waals surface area contributed by atoms with Crippen LogP contribution in [0.25, 0.3) is 0 Å². The van der Waals surface area contributed by atoms with E-state index in [9.17, 15) is 0 Å². The molecule has 1 aromatic carbocycles. The molecule has 0 aliphatic heterocycles. The smallest absolute Gasteiger partial charge is 0.0623 e. The molecule has 0 aliphatic rings. The van der Waals surface area contributed by atoms with Crippen LogP contribution in [0.5, 0.6) is 0 Å². The number of halogens is 1. The van der Waals surface area contributed by atoms with E-state index in [1.165, 1.54) is 5.56 Å². The average molecular weight is 270 g/mol. The van der Waals surface area contributed by atoms with Crippen molar-refractivity contribution >= 4 is 11.6 Å². The Morgan fingerprint density at radius 3 is 2.56 bits per heavy atom. The van der Waals surface area contributed by atoms with Crippen molar-refractivity contribution in [2.75, 3.05) is 14.2 Å². The van der Waals surface area contributed by atoms with E-state index in [0.717, 1.165) is 23.4 Å². The lowest BCUT2D eigenvalue weighted by molar-refractivity contribution is 0.0118. The highest BCUT2D eigenvalue weighted by Crippen LogP contribution is 2.26. The second kappa shape index (κ2) is 6.55. The standard InChI is InChI=1S/C15H24ClNO/c1-11-10-12(6-7-13(11)16)14(17-4)8-9-15(2,3)18-5/h6-7,10,14,17H,8-9H2,1-5H3. The van der Waals surface area contributed by atoms with Gasteiger partial charge in [0.2, 0.25) is 0 Å². The van der Waals surface area contributed by atoms with Crippen molar-refractivity contribution in [2.45, 2.75) is 45.3 Å². The molecule has 0 radical (unpaired) electrons. The quantitative estimate of drug-likeness (QED) is 0.839. The van der Waals surface area contributed by atoms with Gasteiger partial charge in [-0.1, -0.05) is 23.7 Å². The Labute approximate surface area is 116 Å². The van der Waals surface area contributed by atoms with Gasteiger partial charge in [-0.25, -0.2) is 0 Å². The Bertz CT molecular complexity index is 390. The molecule has 102 valence electrons. The molecule has 0 amide bonds. The van der Waals surface area contributed by atoms with Crippen LogP contribution in [-0.4, -0.2) is 19.8 Å². The Balaban J connectivity index is 2.74. The van der Waals surface area contributed by atoms with Gasteiger partial charge in [0, 0.05) is 18.2 Å². The molecule has 0 aromatic heterocycles. The molecule has 0 spiro atoms. The van der Waals surface area contributed by atoms with Crippen LogP contribution in [0.1, 0.15) is 43.9 Å². The molecule has 0 fully saturated rings. The van der Waals surface area contributed by atoms with Crippen LogP contribution < -0.4 is 5.32 Å². The van der Waals surface area contributed by atoms with Gasteiger partial charge >= 0.3 is 0 Å². The van der Waals surface area contributed by atoms with E-state index >= 15 is 0 Å². The van der Waals surface area contributed by atoms with E-state index in [2.05, 4.69) is 31.3 Å². The third-order valence-corrected chi connectivity index (χ3v) is 3.94. The van der Waals surface area contributed by atoms with Crippen LogP contribution >= 0.6 is 11.6 Å². The largest absolute Gasteiger partial charge is 0.379 e. The van der Waals surface area contributed by atoms with Crippen LogP contribution in [0.15, 0.2) is 18.2 Å². The predicted molar refractivity (Wildman–Crippen MR) is 78.3 cm³/mol. The lowest BCUT2D eigenvalue weighted by Gasteiger charge is -2.26. The molecule has 1 aromatic rings. The second-order valence-electron chi connectivity index (χ2n) is 5.35. The van der Waals surface area contributed by atoms with Crippen molar-refractivity contribution in [3.63, 3.8) is 0 Å². The summed E-state index contributed by atoms with van der Waals surface area (Å²) in [6.45, 7) is 6.28. The van der Waals surface area contributed by atoms with E-state index < -0.39 is 0 Å². The first-order chi connectivity index (χ1) is 8.39. The molecule has 3 heteroatoms. The third kappa shape index (κ3) is 4.27. The minimum Gasteiger partial charge on any atom is -0.379 e. The lowest BCUT2D eigenvalue weighted by Crippen LogP contribution is -2.26. The minimum absolute atomic E-state index is 0.0728. The third-order valence-electron chi connectivity index (χ3n) is 3.52. The van der Waals surface area contributed by atoms with E-state index in [1.54, 1.807) is 7.11 Å². The predicted octanol–water partition coefficient (Wildman–Crippen LogP) is 4.11. The van der Waals surface area contributed by atoms with Crippen LogP contribution in [0.3, 0.4) is 0 Å². The van der Waals surface area contributed by atoms with Gasteiger partial charge in [-0.05, 0) is 57.9 Å². The molecule has 0 aliphatic carbocycles. The molecule has 18 heavy (non-hydrogen) atoms. The number of aryl methyl sites for hydroxylation is 1. The van der Waals surface area contributed by atoms with Gasteiger partial charge in [-0.2, -0.15) is 0 Å². The van der Waals surface area contributed by atoms with E-state index in [0.29, 0.717) is 6.04 Å². The molecule has 0 saturated carbocycles. The maximum Gasteiger partial charge on any atom is 0.0623 e. The number of hydrogen-bond acceptors (Lipinski definition) is 2. The van der Waals surface area contributed by atoms with Crippen molar-refractivity contribution in [1.82, 2.24) is 5.32 Å². The molecular formula is C15H24ClNO. The summed E-state index contributed by atoms with van der Waals surface area (Å²) in [7, 11) is 3.76. The summed E-state index contributed by atoms with van der Waals surface area (Å²) in [6, 6.07) is 6.56. The molecule has 2 nitrogen and oxygen atoms in total. The van der Waals surface area contributed by atoms with Crippen molar-refractivity contribution in [1.29, 1.82) is 0 Å². The van der Waals surface area contributed by atoms with Crippen LogP contribution in [0.2, 0.25) is 5.02 Å². The zero-order valence-corrected chi connectivity index (χ0v) is 12.8. The maximum absolute atomic E-state index is 6.06. The van der Waals surface area contributed by atoms with E-state index in [1.807, 2.05) is 20.0 Å². The summed E-state index contributed by atoms with van der Waals surface area (Å²) in [4.78, 5) is 0. The van der Waals surface area contributed by atoms with Crippen LogP contribution in [-0.2, 0) is 4.74 Å². The first-order valence-corrected chi connectivity index (χ1v) is 6.76. The van der Waals surface area contributed by atoms with Gasteiger partial charge < -0.3 is 10.1 Å². The summed E-state index contributed by atoms with van der Waals surface area (Å²) in [6.07, 6.45) is 2.05. The highest BCUT2D eigenvalue weighted by molar-refractivity contribution is 6.31. The van der Waals surface area contributed by atoms with Gasteiger partial charge in [-0.3, -0.25) is 0 Å². The fraction of sp³-hybridized carbons (Fsp3) is 0.600. The van der Waals surface area contributed by atoms with E-state index in [4.69, 9.17) is 16.3 Å². The van der Waals surface area contributed by atoms with Crippen LogP contribution in [0, 0.1) is 6.92 Å². The highest BCUT2D eigenvalue weighted by Gasteiger charge is 2.19. The van der Waals surface area contributed by atoms with Crippen molar-refractivity contribution in [3.05, 3.63) is 34.3 Å². The van der Waals surface area contributed by atoms with Gasteiger partial charge in [-0.15, -0.1) is 0 Å². The molecule has 0 heterocycles. The average Bonchev–Trinajstić information content (AvgIpc) is 2.34. The summed E-state index contributed by atoms with van der Waals surface area (Å²) in [5, 5.41) is 4.19. The van der Waals surface area contributed by atoms with Gasteiger partial charge in [0.1, 0.15) is 0 Å². The zero-order valence-electron chi connectivity index (χ0n) is 12.0. The van der Waals surface area contributed by atoms with Crippen molar-refractivity contribution in [2.24, 2.45) is 0 Å². The molecule has 1 N–H and O–H groups in total. The Hall–Kier alpha value is -0.570. The normalized spacial score (nSPS) is 13.7. The maximum atomic E-state index is 6.06. The summed E-state index contributed by atoms with van der Waals surface area (Å²) in [5.41, 5.74) is 2.34. The van der Waals surface area contributed by atoms with Crippen LogP contribution in [0.4, 0.5) is 0 Å². The summed E-state index contributed by atoms with van der Waals surface area (Å²) < 4.78 is 5.46. The first kappa shape index (κ1) is 15.5. The number of nitrogens with one attached hydrogen (secondary N) is 1. The monoisotopic (exact) mass is 269 g/mol. The lowest BCUT2D eigenvalue weighted by atomic mass is 9.94. The fourth-order valence-electron chi connectivity index (χ4n) is 1.96. The van der Waals surface area contributed by atoms with Gasteiger partial charge in [0.15, 0.2) is 0 Å². The molecule has 1 rings (SSSR count). The number of rotatable bonds is 6. The summed E-state index contributed by atoms with van der Waals surface area (Å²) in [5.74, 6) is 0. The Morgan fingerprint density at radius 2 is 2.06 bits per heavy atom. The highest BCUT2D eigenvalue weighted by atomic mass is 35.5. The Morgan fingerprint density at radius 1 is 1.39 bits per heavy atom. The van der Waals surface area contributed by atoms with E-state index in [-0.39, 0.29) is 5.60 Å². The molecule has 1 unspecified atom stereocenters. The number of methoxy groups -OCH3 is 1.